The third-order valence-corrected chi connectivity index (χ3v) is 8.07. The summed E-state index contributed by atoms with van der Waals surface area (Å²) in [4.78, 5) is 51.9. The number of hydrogen-bond donors (Lipinski definition) is 3. The van der Waals surface area contributed by atoms with Gasteiger partial charge in [-0.15, -0.1) is 0 Å². The fraction of sp³-hybridized carbons (Fsp3) is 0.581. The number of ether oxygens (including phenoxy) is 2. The number of rotatable bonds is 16. The second-order valence-electron chi connectivity index (χ2n) is 11.0. The molecule has 44 heavy (non-hydrogen) atoms. The highest BCUT2D eigenvalue weighted by Crippen LogP contribution is 2.26. The van der Waals surface area contributed by atoms with E-state index in [2.05, 4.69) is 27.8 Å². The first-order valence-electron chi connectivity index (χ1n) is 15.4. The lowest BCUT2D eigenvalue weighted by Crippen LogP contribution is -2.47. The number of carbonyl (C=O) groups is 4. The number of anilines is 1. The van der Waals surface area contributed by atoms with Gasteiger partial charge in [-0.05, 0) is 31.4 Å². The number of nitrogens with one attached hydrogen (secondary N) is 3. The molecule has 0 saturated carbocycles. The van der Waals surface area contributed by atoms with Gasteiger partial charge < -0.3 is 25.0 Å². The highest BCUT2D eigenvalue weighted by atomic mass is 35.5. The minimum Gasteiger partial charge on any atom is -0.425 e. The van der Waals surface area contributed by atoms with Crippen molar-refractivity contribution in [3.8, 4) is 0 Å². The number of unbranched alkanes of at least 4 members (excludes halogenated alkanes) is 8. The molecule has 1 saturated heterocycles. The Bertz CT molecular complexity index is 1230. The predicted molar refractivity (Wildman–Crippen MR) is 169 cm³/mol. The first-order chi connectivity index (χ1) is 21.2. The molecule has 3 rings (SSSR count). The Hall–Kier alpha value is -3.31. The quantitative estimate of drug-likeness (QED) is 0.0997. The smallest absolute Gasteiger partial charge is 0.412 e. The van der Waals surface area contributed by atoms with Gasteiger partial charge in [0.1, 0.15) is 5.69 Å². The van der Waals surface area contributed by atoms with Crippen LogP contribution in [0.1, 0.15) is 112 Å². The standard InChI is InChI=1S/C31H43Cl2N5O6/c1-3-4-5-6-7-8-9-10-11-15-26(39)43-21(2)44-31(42)38-18-16-22(17-19-38)35-30(41)28-25(20-34-37-28)36-29(40)27-23(32)13-12-14-24(27)33/h12-14,20-22H,3-11,15-19H2,1-2H3,(H,34,37)(H,35,41)(H,36,40). The number of aromatic amines is 1. The lowest BCUT2D eigenvalue weighted by molar-refractivity contribution is -0.166. The van der Waals surface area contributed by atoms with E-state index < -0.39 is 24.2 Å². The normalized spacial score (nSPS) is 14.1. The van der Waals surface area contributed by atoms with Crippen LogP contribution < -0.4 is 10.6 Å². The lowest BCUT2D eigenvalue weighted by Gasteiger charge is -2.32. The van der Waals surface area contributed by atoms with Crippen LogP contribution in [0.4, 0.5) is 10.5 Å². The number of hydrogen-bond acceptors (Lipinski definition) is 7. The summed E-state index contributed by atoms with van der Waals surface area (Å²) in [5.41, 5.74) is 0.331. The number of likely N-dealkylation sites (tertiary alicyclic amines) is 1. The van der Waals surface area contributed by atoms with Crippen LogP contribution in [0, 0.1) is 0 Å². The maximum absolute atomic E-state index is 12.9. The van der Waals surface area contributed by atoms with Crippen molar-refractivity contribution in [1.82, 2.24) is 20.4 Å². The van der Waals surface area contributed by atoms with E-state index in [0.29, 0.717) is 32.4 Å². The average Bonchev–Trinajstić information content (AvgIpc) is 3.44. The summed E-state index contributed by atoms with van der Waals surface area (Å²) in [6, 6.07) is 4.49. The summed E-state index contributed by atoms with van der Waals surface area (Å²) in [5, 5.41) is 12.4. The minimum atomic E-state index is -0.986. The molecule has 1 unspecified atom stereocenters. The largest absolute Gasteiger partial charge is 0.425 e. The first-order valence-corrected chi connectivity index (χ1v) is 16.2. The summed E-state index contributed by atoms with van der Waals surface area (Å²) in [6.45, 7) is 4.43. The Kier molecular flexibility index (Phi) is 14.8. The number of nitrogens with zero attached hydrogens (tertiary/aromatic N) is 2. The number of amides is 3. The van der Waals surface area contributed by atoms with Crippen LogP contribution in [0.2, 0.25) is 10.0 Å². The Labute approximate surface area is 268 Å². The number of H-pyrrole nitrogens is 1. The molecule has 0 bridgehead atoms. The Balaban J connectivity index is 1.34. The summed E-state index contributed by atoms with van der Waals surface area (Å²) < 4.78 is 10.6. The van der Waals surface area contributed by atoms with Crippen molar-refractivity contribution in [1.29, 1.82) is 0 Å². The number of benzene rings is 1. The van der Waals surface area contributed by atoms with E-state index in [9.17, 15) is 19.2 Å². The van der Waals surface area contributed by atoms with Crippen molar-refractivity contribution >= 4 is 52.8 Å². The SMILES string of the molecule is CCCCCCCCCCCC(=O)OC(C)OC(=O)N1CCC(NC(=O)c2[nH]ncc2NC(=O)c2c(Cl)cccc2Cl)CC1. The Morgan fingerprint density at radius 3 is 2.20 bits per heavy atom. The third kappa shape index (κ3) is 11.3. The molecule has 0 spiro atoms. The summed E-state index contributed by atoms with van der Waals surface area (Å²) >= 11 is 12.2. The predicted octanol–water partition coefficient (Wildman–Crippen LogP) is 7.11. The molecule has 11 nitrogen and oxygen atoms in total. The van der Waals surface area contributed by atoms with Gasteiger partial charge in [0.05, 0.1) is 27.5 Å². The zero-order valence-electron chi connectivity index (χ0n) is 25.5. The van der Waals surface area contributed by atoms with Gasteiger partial charge >= 0.3 is 12.1 Å². The van der Waals surface area contributed by atoms with Crippen molar-refractivity contribution in [3.05, 3.63) is 45.7 Å². The van der Waals surface area contributed by atoms with Gasteiger partial charge in [-0.1, -0.05) is 87.6 Å². The second-order valence-corrected chi connectivity index (χ2v) is 11.8. The molecule has 1 aromatic carbocycles. The van der Waals surface area contributed by atoms with E-state index in [0.717, 1.165) is 19.3 Å². The minimum absolute atomic E-state index is 0.0708. The third-order valence-electron chi connectivity index (χ3n) is 7.44. The molecule has 1 atom stereocenters. The average molecular weight is 653 g/mol. The molecule has 3 N–H and O–H groups in total. The van der Waals surface area contributed by atoms with Gasteiger partial charge in [0.15, 0.2) is 0 Å². The number of esters is 1. The van der Waals surface area contributed by atoms with Crippen LogP contribution in [0.3, 0.4) is 0 Å². The summed E-state index contributed by atoms with van der Waals surface area (Å²) in [5.74, 6) is -1.41. The lowest BCUT2D eigenvalue weighted by atomic mass is 10.1. The van der Waals surface area contributed by atoms with Crippen LogP contribution in [0.5, 0.6) is 0 Å². The number of aromatic nitrogens is 2. The fourth-order valence-corrected chi connectivity index (χ4v) is 5.55. The van der Waals surface area contributed by atoms with E-state index in [1.165, 1.54) is 56.5 Å². The molecular formula is C31H43Cl2N5O6. The molecule has 13 heteroatoms. The Morgan fingerprint density at radius 1 is 0.955 bits per heavy atom. The highest BCUT2D eigenvalue weighted by molar-refractivity contribution is 6.40. The van der Waals surface area contributed by atoms with Crippen molar-refractivity contribution in [2.45, 2.75) is 103 Å². The molecule has 2 heterocycles. The number of piperidine rings is 1. The molecule has 1 aliphatic heterocycles. The molecule has 1 fully saturated rings. The topological polar surface area (TPSA) is 143 Å². The molecule has 3 amide bonds. The van der Waals surface area contributed by atoms with E-state index >= 15 is 0 Å². The van der Waals surface area contributed by atoms with Gasteiger partial charge in [0.25, 0.3) is 11.8 Å². The molecule has 0 radical (unpaired) electrons. The van der Waals surface area contributed by atoms with E-state index in [-0.39, 0.29) is 39.0 Å². The zero-order valence-corrected chi connectivity index (χ0v) is 27.0. The van der Waals surface area contributed by atoms with Crippen molar-refractivity contribution in [2.75, 3.05) is 18.4 Å². The first kappa shape index (κ1) is 35.2. The maximum Gasteiger partial charge on any atom is 0.412 e. The maximum atomic E-state index is 12.9. The number of carbonyl (C=O) groups excluding carboxylic acids is 4. The molecule has 242 valence electrons. The van der Waals surface area contributed by atoms with Crippen molar-refractivity contribution < 1.29 is 28.7 Å². The van der Waals surface area contributed by atoms with Crippen molar-refractivity contribution in [2.24, 2.45) is 0 Å². The number of halogens is 2. The van der Waals surface area contributed by atoms with Crippen molar-refractivity contribution in [3.63, 3.8) is 0 Å². The van der Waals surface area contributed by atoms with Crippen LogP contribution in [0.25, 0.3) is 0 Å². The fourth-order valence-electron chi connectivity index (χ4n) is 4.98. The van der Waals surface area contributed by atoms with E-state index in [1.807, 2.05) is 0 Å². The van der Waals surface area contributed by atoms with Gasteiger partial charge in [-0.3, -0.25) is 19.5 Å². The van der Waals surface area contributed by atoms with Gasteiger partial charge in [0, 0.05) is 32.5 Å². The van der Waals surface area contributed by atoms with Gasteiger partial charge in [0.2, 0.25) is 6.29 Å². The van der Waals surface area contributed by atoms with Crippen LogP contribution in [-0.4, -0.2) is 64.4 Å². The van der Waals surface area contributed by atoms with Gasteiger partial charge in [-0.25, -0.2) is 4.79 Å². The molecule has 1 aromatic heterocycles. The van der Waals surface area contributed by atoms with Crippen LogP contribution in [-0.2, 0) is 14.3 Å². The molecule has 2 aromatic rings. The van der Waals surface area contributed by atoms with Crippen LogP contribution in [0.15, 0.2) is 24.4 Å². The molecular weight excluding hydrogens is 609 g/mol. The zero-order chi connectivity index (χ0) is 31.9. The van der Waals surface area contributed by atoms with Gasteiger partial charge in [-0.2, -0.15) is 5.10 Å². The monoisotopic (exact) mass is 651 g/mol. The van der Waals surface area contributed by atoms with Crippen LogP contribution >= 0.6 is 23.2 Å². The molecule has 0 aliphatic carbocycles. The second kappa shape index (κ2) is 18.5. The van der Waals surface area contributed by atoms with E-state index in [4.69, 9.17) is 32.7 Å². The van der Waals surface area contributed by atoms with E-state index in [1.54, 1.807) is 18.2 Å². The summed E-state index contributed by atoms with van der Waals surface area (Å²) in [6.07, 6.45) is 11.4. The molecule has 1 aliphatic rings. The highest BCUT2D eigenvalue weighted by Gasteiger charge is 2.28. The Morgan fingerprint density at radius 2 is 1.57 bits per heavy atom. The summed E-state index contributed by atoms with van der Waals surface area (Å²) in [7, 11) is 0.